The molecule has 1 aromatic heterocycles. The first kappa shape index (κ1) is 18.2. The largest absolute Gasteiger partial charge is 0.460 e. The van der Waals surface area contributed by atoms with E-state index in [0.29, 0.717) is 12.1 Å². The van der Waals surface area contributed by atoms with E-state index in [9.17, 15) is 13.2 Å². The minimum Gasteiger partial charge on any atom is -0.460 e. The number of benzene rings is 1. The summed E-state index contributed by atoms with van der Waals surface area (Å²) in [7, 11) is -0.716. The van der Waals surface area contributed by atoms with E-state index >= 15 is 0 Å². The Kier molecular flexibility index (Phi) is 5.40. The predicted octanol–water partition coefficient (Wildman–Crippen LogP) is 1.61. The first-order valence-corrected chi connectivity index (χ1v) is 8.86. The number of nitrogens with zero attached hydrogens (tertiary/aromatic N) is 3. The zero-order valence-corrected chi connectivity index (χ0v) is 15.0. The van der Waals surface area contributed by atoms with Gasteiger partial charge in [-0.15, -0.1) is 0 Å². The molecule has 0 N–H and O–H groups in total. The molecule has 130 valence electrons. The SMILES string of the molecule is Cc1cc(C(=O)OCCn2cccn2)cc(S(=O)(=O)N(C)C)c1C. The van der Waals surface area contributed by atoms with Crippen LogP contribution in [-0.2, 0) is 21.3 Å². The summed E-state index contributed by atoms with van der Waals surface area (Å²) in [6.45, 7) is 4.08. The molecule has 1 heterocycles. The summed E-state index contributed by atoms with van der Waals surface area (Å²) in [6.07, 6.45) is 3.41. The molecule has 0 bridgehead atoms. The number of rotatable bonds is 6. The number of hydrogen-bond acceptors (Lipinski definition) is 5. The first-order valence-electron chi connectivity index (χ1n) is 7.42. The summed E-state index contributed by atoms with van der Waals surface area (Å²) in [4.78, 5) is 12.3. The minimum absolute atomic E-state index is 0.117. The molecule has 0 aliphatic heterocycles. The zero-order valence-electron chi connectivity index (χ0n) is 14.2. The van der Waals surface area contributed by atoms with E-state index in [1.807, 2.05) is 0 Å². The summed E-state index contributed by atoms with van der Waals surface area (Å²) >= 11 is 0. The van der Waals surface area contributed by atoms with Crippen LogP contribution in [0.1, 0.15) is 21.5 Å². The van der Waals surface area contributed by atoms with Crippen molar-refractivity contribution >= 4 is 16.0 Å². The van der Waals surface area contributed by atoms with Gasteiger partial charge in [0.2, 0.25) is 10.0 Å². The lowest BCUT2D eigenvalue weighted by Crippen LogP contribution is -2.24. The normalized spacial score (nSPS) is 11.7. The number of carbonyl (C=O) groups is 1. The van der Waals surface area contributed by atoms with E-state index in [0.717, 1.165) is 9.87 Å². The number of carbonyl (C=O) groups excluding carboxylic acids is 1. The molecule has 7 nitrogen and oxygen atoms in total. The Morgan fingerprint density at radius 1 is 1.29 bits per heavy atom. The molecule has 24 heavy (non-hydrogen) atoms. The molecule has 1 aromatic carbocycles. The fraction of sp³-hybridized carbons (Fsp3) is 0.375. The summed E-state index contributed by atoms with van der Waals surface area (Å²) in [5, 5.41) is 4.02. The van der Waals surface area contributed by atoms with E-state index in [2.05, 4.69) is 5.10 Å². The van der Waals surface area contributed by atoms with E-state index in [-0.39, 0.29) is 17.1 Å². The van der Waals surface area contributed by atoms with Gasteiger partial charge in [-0.05, 0) is 43.2 Å². The van der Waals surface area contributed by atoms with Gasteiger partial charge in [-0.25, -0.2) is 17.5 Å². The van der Waals surface area contributed by atoms with Crippen LogP contribution in [0.2, 0.25) is 0 Å². The van der Waals surface area contributed by atoms with Crippen LogP contribution in [-0.4, -0.2) is 49.2 Å². The molecule has 0 atom stereocenters. The Morgan fingerprint density at radius 2 is 2.00 bits per heavy atom. The van der Waals surface area contributed by atoms with Crippen molar-refractivity contribution in [3.05, 3.63) is 47.3 Å². The first-order chi connectivity index (χ1) is 11.2. The van der Waals surface area contributed by atoms with Crippen molar-refractivity contribution < 1.29 is 17.9 Å². The summed E-state index contributed by atoms with van der Waals surface area (Å²) in [5.74, 6) is -0.555. The molecule has 2 rings (SSSR count). The van der Waals surface area contributed by atoms with Crippen molar-refractivity contribution in [2.45, 2.75) is 25.3 Å². The Bertz CT molecular complexity index is 827. The minimum atomic E-state index is -3.63. The van der Waals surface area contributed by atoms with Crippen LogP contribution >= 0.6 is 0 Å². The number of aromatic nitrogens is 2. The van der Waals surface area contributed by atoms with Gasteiger partial charge in [-0.1, -0.05) is 0 Å². The van der Waals surface area contributed by atoms with Gasteiger partial charge >= 0.3 is 5.97 Å². The highest BCUT2D eigenvalue weighted by Crippen LogP contribution is 2.23. The number of aryl methyl sites for hydroxylation is 1. The van der Waals surface area contributed by atoms with E-state index in [1.165, 1.54) is 20.2 Å². The molecule has 0 spiro atoms. The lowest BCUT2D eigenvalue weighted by molar-refractivity contribution is 0.0487. The second kappa shape index (κ2) is 7.14. The Hall–Kier alpha value is -2.19. The number of sulfonamides is 1. The van der Waals surface area contributed by atoms with Gasteiger partial charge in [-0.2, -0.15) is 5.10 Å². The number of ether oxygens (including phenoxy) is 1. The van der Waals surface area contributed by atoms with Crippen molar-refractivity contribution in [1.29, 1.82) is 0 Å². The molecule has 0 aliphatic rings. The molecule has 2 aromatic rings. The van der Waals surface area contributed by atoms with Crippen LogP contribution in [0.5, 0.6) is 0 Å². The summed E-state index contributed by atoms with van der Waals surface area (Å²) in [5.41, 5.74) is 1.56. The molecular formula is C16H21N3O4S. The topological polar surface area (TPSA) is 81.5 Å². The van der Waals surface area contributed by atoms with Gasteiger partial charge in [0, 0.05) is 26.5 Å². The van der Waals surface area contributed by atoms with E-state index in [4.69, 9.17) is 4.74 Å². The average molecular weight is 351 g/mol. The van der Waals surface area contributed by atoms with Gasteiger partial charge in [0.15, 0.2) is 0 Å². The number of hydrogen-bond donors (Lipinski definition) is 0. The molecule has 0 saturated carbocycles. The van der Waals surface area contributed by atoms with Crippen molar-refractivity contribution in [1.82, 2.24) is 14.1 Å². The highest BCUT2D eigenvalue weighted by atomic mass is 32.2. The van der Waals surface area contributed by atoms with E-state index < -0.39 is 16.0 Å². The van der Waals surface area contributed by atoms with Crippen LogP contribution < -0.4 is 0 Å². The van der Waals surface area contributed by atoms with E-state index in [1.54, 1.807) is 43.1 Å². The molecular weight excluding hydrogens is 330 g/mol. The van der Waals surface area contributed by atoms with Crippen LogP contribution in [0, 0.1) is 13.8 Å². The monoisotopic (exact) mass is 351 g/mol. The fourth-order valence-corrected chi connectivity index (χ4v) is 3.37. The molecule has 0 radical (unpaired) electrons. The van der Waals surface area contributed by atoms with Gasteiger partial charge < -0.3 is 4.74 Å². The lowest BCUT2D eigenvalue weighted by atomic mass is 10.1. The zero-order chi connectivity index (χ0) is 17.9. The Balaban J connectivity index is 2.21. The summed E-state index contributed by atoms with van der Waals surface area (Å²) in [6, 6.07) is 4.79. The van der Waals surface area contributed by atoms with Crippen LogP contribution in [0.3, 0.4) is 0 Å². The van der Waals surface area contributed by atoms with Crippen LogP contribution in [0.4, 0.5) is 0 Å². The third-order valence-corrected chi connectivity index (χ3v) is 5.67. The summed E-state index contributed by atoms with van der Waals surface area (Å²) < 4.78 is 32.8. The Morgan fingerprint density at radius 3 is 2.58 bits per heavy atom. The second-order valence-electron chi connectivity index (χ2n) is 5.61. The molecule has 0 fully saturated rings. The smallest absolute Gasteiger partial charge is 0.338 e. The maximum atomic E-state index is 12.4. The highest BCUT2D eigenvalue weighted by molar-refractivity contribution is 7.89. The van der Waals surface area contributed by atoms with Crippen LogP contribution in [0.15, 0.2) is 35.5 Å². The second-order valence-corrected chi connectivity index (χ2v) is 7.73. The molecule has 0 saturated heterocycles. The predicted molar refractivity (Wildman–Crippen MR) is 89.3 cm³/mol. The Labute approximate surface area is 141 Å². The van der Waals surface area contributed by atoms with Gasteiger partial charge in [0.25, 0.3) is 0 Å². The lowest BCUT2D eigenvalue weighted by Gasteiger charge is -2.16. The maximum absolute atomic E-state index is 12.4. The fourth-order valence-electron chi connectivity index (χ4n) is 2.16. The van der Waals surface area contributed by atoms with Crippen molar-refractivity contribution in [3.63, 3.8) is 0 Å². The van der Waals surface area contributed by atoms with Gasteiger partial charge in [-0.3, -0.25) is 4.68 Å². The highest BCUT2D eigenvalue weighted by Gasteiger charge is 2.23. The molecule has 8 heteroatoms. The quantitative estimate of drug-likeness (QED) is 0.739. The maximum Gasteiger partial charge on any atom is 0.338 e. The standard InChI is InChI=1S/C16H21N3O4S/c1-12-10-14(11-15(13(12)2)24(21,22)18(3)4)16(20)23-9-8-19-7-5-6-17-19/h5-7,10-11H,8-9H2,1-4H3. The third-order valence-electron chi connectivity index (χ3n) is 3.73. The average Bonchev–Trinajstić information content (AvgIpc) is 3.02. The van der Waals surface area contributed by atoms with Crippen molar-refractivity contribution in [2.75, 3.05) is 20.7 Å². The third kappa shape index (κ3) is 3.82. The van der Waals surface area contributed by atoms with Gasteiger partial charge in [0.05, 0.1) is 17.0 Å². The molecule has 0 unspecified atom stereocenters. The van der Waals surface area contributed by atoms with Crippen molar-refractivity contribution in [3.8, 4) is 0 Å². The van der Waals surface area contributed by atoms with Crippen LogP contribution in [0.25, 0.3) is 0 Å². The molecule has 0 aliphatic carbocycles. The molecule has 0 amide bonds. The number of esters is 1. The van der Waals surface area contributed by atoms with Crippen molar-refractivity contribution in [2.24, 2.45) is 0 Å². The van der Waals surface area contributed by atoms with Gasteiger partial charge in [0.1, 0.15) is 6.61 Å².